The van der Waals surface area contributed by atoms with Crippen LogP contribution in [0.15, 0.2) is 0 Å². The number of hydrogen-bond acceptors (Lipinski definition) is 2. The van der Waals surface area contributed by atoms with Crippen LogP contribution in [0, 0.1) is 0 Å². The Kier molecular flexibility index (Phi) is 1.02. The summed E-state index contributed by atoms with van der Waals surface area (Å²) in [6.07, 6.45) is 2.60. The highest BCUT2D eigenvalue weighted by Crippen LogP contribution is 2.23. The van der Waals surface area contributed by atoms with Crippen molar-refractivity contribution in [1.82, 2.24) is 10.2 Å². The average molecular weight is 127 g/mol. The van der Waals surface area contributed by atoms with Crippen molar-refractivity contribution in [2.24, 2.45) is 0 Å². The van der Waals surface area contributed by atoms with E-state index in [0.29, 0.717) is 12.1 Å². The summed E-state index contributed by atoms with van der Waals surface area (Å²) in [5.74, 6) is 0. The third-order valence-electron chi connectivity index (χ3n) is 2.66. The first-order chi connectivity index (χ1) is 4.77. The smallest absolute Gasteiger partial charge is 0.122 e. The zero-order valence-electron chi connectivity index (χ0n) is 6.88. The molecule has 2 saturated heterocycles. The molecule has 2 unspecified atom stereocenters. The largest absolute Gasteiger partial charge is 0.314 e. The molecule has 0 aliphatic carbocycles. The Labute approximate surface area is 57.7 Å². The molecule has 2 heterocycles. The molecule has 2 aliphatic heterocycles. The van der Waals surface area contributed by atoms with Crippen LogP contribution in [-0.2, 0) is 0 Å². The molecule has 0 radical (unpaired) electrons. The Morgan fingerprint density at radius 2 is 2.00 bits per heavy atom. The van der Waals surface area contributed by atoms with Gasteiger partial charge in [0.1, 0.15) is 1.41 Å². The van der Waals surface area contributed by atoms with E-state index in [1.165, 1.54) is 12.8 Å². The number of fused-ring (bicyclic) bond motifs is 2. The van der Waals surface area contributed by atoms with Crippen LogP contribution in [0.1, 0.15) is 12.8 Å². The Morgan fingerprint density at radius 1 is 1.44 bits per heavy atom. The van der Waals surface area contributed by atoms with Gasteiger partial charge in [0.2, 0.25) is 0 Å². The average Bonchev–Trinajstić information content (AvgIpc) is 2.20. The quantitative estimate of drug-likeness (QED) is 0.495. The number of rotatable bonds is 0. The fraction of sp³-hybridized carbons (Fsp3) is 1.00. The van der Waals surface area contributed by atoms with Crippen LogP contribution in [0.4, 0.5) is 0 Å². The van der Waals surface area contributed by atoms with Crippen molar-refractivity contribution in [1.29, 1.82) is 0 Å². The van der Waals surface area contributed by atoms with E-state index in [0.717, 1.165) is 13.1 Å². The van der Waals surface area contributed by atoms with E-state index >= 15 is 0 Å². The van der Waals surface area contributed by atoms with Crippen molar-refractivity contribution >= 4 is 0 Å². The van der Waals surface area contributed by atoms with Crippen molar-refractivity contribution in [3.63, 3.8) is 0 Å². The zero-order valence-corrected chi connectivity index (χ0v) is 5.88. The lowest BCUT2D eigenvalue weighted by Gasteiger charge is -2.31. The molecule has 0 aromatic heterocycles. The molecular weight excluding hydrogens is 112 g/mol. The molecule has 2 heteroatoms. The van der Waals surface area contributed by atoms with Crippen molar-refractivity contribution in [3.8, 4) is 0 Å². The van der Waals surface area contributed by atoms with Gasteiger partial charge in [-0.1, -0.05) is 0 Å². The molecule has 1 N–H and O–H groups in total. The second-order valence-electron chi connectivity index (χ2n) is 3.14. The van der Waals surface area contributed by atoms with E-state index in [1.54, 1.807) is 5.31 Å². The van der Waals surface area contributed by atoms with Crippen LogP contribution in [0.25, 0.3) is 0 Å². The van der Waals surface area contributed by atoms with Gasteiger partial charge in [-0.05, 0) is 19.9 Å². The Balaban J connectivity index is 2.09. The molecule has 0 amide bonds. The van der Waals surface area contributed by atoms with E-state index in [1.807, 2.05) is 0 Å². The van der Waals surface area contributed by atoms with E-state index in [2.05, 4.69) is 11.9 Å². The summed E-state index contributed by atoms with van der Waals surface area (Å²) in [6.45, 7) is 1.90. The minimum Gasteiger partial charge on any atom is -0.314 e. The van der Waals surface area contributed by atoms with Crippen molar-refractivity contribution in [2.45, 2.75) is 24.9 Å². The summed E-state index contributed by atoms with van der Waals surface area (Å²) in [5, 5.41) is 1.71. The molecule has 0 saturated carbocycles. The summed E-state index contributed by atoms with van der Waals surface area (Å²) in [4.78, 5) is 2.44. The summed E-state index contributed by atoms with van der Waals surface area (Å²) >= 11 is 0. The molecule has 0 aromatic carbocycles. The summed E-state index contributed by atoms with van der Waals surface area (Å²) < 4.78 is 7.47. The van der Waals surface area contributed by atoms with Gasteiger partial charge >= 0.3 is 0 Å². The molecule has 2 aliphatic rings. The Morgan fingerprint density at radius 3 is 2.56 bits per heavy atom. The number of likely N-dealkylation sites (N-methyl/N-ethyl adjacent to an activating group) is 1. The lowest BCUT2D eigenvalue weighted by atomic mass is 10.2. The lowest BCUT2D eigenvalue weighted by Crippen LogP contribution is -2.49. The second-order valence-corrected chi connectivity index (χ2v) is 3.14. The van der Waals surface area contributed by atoms with Gasteiger partial charge in [0.15, 0.2) is 0 Å². The summed E-state index contributed by atoms with van der Waals surface area (Å²) in [7, 11) is 2.19. The highest BCUT2D eigenvalue weighted by Gasteiger charge is 2.32. The molecule has 0 aromatic rings. The van der Waals surface area contributed by atoms with Crippen LogP contribution >= 0.6 is 0 Å². The maximum Gasteiger partial charge on any atom is 0.122 e. The fourth-order valence-corrected chi connectivity index (χ4v) is 1.90. The first kappa shape index (κ1) is 4.69. The predicted octanol–water partition coefficient (Wildman–Crippen LogP) is 0.0524. The van der Waals surface area contributed by atoms with Gasteiger partial charge in [-0.2, -0.15) is 0 Å². The lowest BCUT2D eigenvalue weighted by molar-refractivity contribution is 0.193. The Bertz CT molecular complexity index is 126. The van der Waals surface area contributed by atoms with Crippen LogP contribution < -0.4 is 5.31 Å². The molecule has 2 nitrogen and oxygen atoms in total. The highest BCUT2D eigenvalue weighted by molar-refractivity contribution is 4.92. The monoisotopic (exact) mass is 127 g/mol. The first-order valence-corrected chi connectivity index (χ1v) is 3.73. The summed E-state index contributed by atoms with van der Waals surface area (Å²) in [5.41, 5.74) is 0. The van der Waals surface area contributed by atoms with Crippen molar-refractivity contribution < 1.29 is 1.41 Å². The van der Waals surface area contributed by atoms with Crippen LogP contribution in [0.2, 0.25) is 1.41 Å². The van der Waals surface area contributed by atoms with Gasteiger partial charge in [-0.15, -0.1) is 0 Å². The second kappa shape index (κ2) is 1.96. The van der Waals surface area contributed by atoms with Gasteiger partial charge in [0, 0.05) is 25.2 Å². The molecule has 9 heavy (non-hydrogen) atoms. The molecule has 0 spiro atoms. The van der Waals surface area contributed by atoms with E-state index in [9.17, 15) is 0 Å². The van der Waals surface area contributed by atoms with Gasteiger partial charge in [0.05, 0.1) is 0 Å². The van der Waals surface area contributed by atoms with Crippen LogP contribution in [-0.4, -0.2) is 37.1 Å². The maximum atomic E-state index is 7.47. The van der Waals surface area contributed by atoms with Crippen molar-refractivity contribution in [2.75, 3.05) is 20.1 Å². The van der Waals surface area contributed by atoms with E-state index in [4.69, 9.17) is 1.41 Å². The fourth-order valence-electron chi connectivity index (χ4n) is 1.90. The third kappa shape index (κ3) is 0.775. The first-order valence-electron chi connectivity index (χ1n) is 4.18. The van der Waals surface area contributed by atoms with E-state index in [-0.39, 0.29) is 0 Å². The van der Waals surface area contributed by atoms with Crippen molar-refractivity contribution in [3.05, 3.63) is 0 Å². The Hall–Kier alpha value is -0.0800. The minimum atomic E-state index is 0.677. The number of nitrogens with one attached hydrogen (secondary N) is 1. The SMILES string of the molecule is [2H]N1CC2CCC(C1)N2C. The summed E-state index contributed by atoms with van der Waals surface area (Å²) in [6, 6.07) is 1.35. The topological polar surface area (TPSA) is 15.3 Å². The normalized spacial score (nSPS) is 47.4. The number of nitrogens with zero attached hydrogens (tertiary/aromatic N) is 1. The molecule has 2 rings (SSSR count). The molecule has 2 bridgehead atoms. The minimum absolute atomic E-state index is 0.677. The highest BCUT2D eigenvalue weighted by atomic mass is 15.2. The third-order valence-corrected chi connectivity index (χ3v) is 2.66. The number of piperazine rings is 1. The van der Waals surface area contributed by atoms with Crippen LogP contribution in [0.3, 0.4) is 0 Å². The molecule has 2 fully saturated rings. The van der Waals surface area contributed by atoms with E-state index < -0.39 is 0 Å². The standard InChI is InChI=1S/C7H14N2/c1-9-6-2-3-7(9)5-8-4-6/h6-8H,2-5H2,1H3/i/hD. The van der Waals surface area contributed by atoms with Gasteiger partial charge < -0.3 is 5.31 Å². The predicted molar refractivity (Wildman–Crippen MR) is 37.4 cm³/mol. The molecule has 52 valence electrons. The number of hydrogen-bond donors (Lipinski definition) is 1. The van der Waals surface area contributed by atoms with Crippen LogP contribution in [0.5, 0.6) is 0 Å². The maximum absolute atomic E-state index is 7.47. The molecular formula is C7H14N2. The van der Waals surface area contributed by atoms with Gasteiger partial charge in [0.25, 0.3) is 0 Å². The van der Waals surface area contributed by atoms with Gasteiger partial charge in [-0.25, -0.2) is 0 Å². The molecule has 2 atom stereocenters. The zero-order chi connectivity index (χ0) is 7.14. The van der Waals surface area contributed by atoms with Gasteiger partial charge in [-0.3, -0.25) is 4.90 Å².